The van der Waals surface area contributed by atoms with Crippen molar-refractivity contribution >= 4 is 0 Å². The van der Waals surface area contributed by atoms with Crippen LogP contribution in [0.2, 0.25) is 0 Å². The average molecular weight is 242 g/mol. The number of nitrogens with one attached hydrogen (secondary N) is 1. The predicted molar refractivity (Wildman–Crippen MR) is 73.4 cm³/mol. The summed E-state index contributed by atoms with van der Waals surface area (Å²) in [6.45, 7) is 11.0. The molecule has 1 heterocycles. The molecule has 1 aliphatic rings. The summed E-state index contributed by atoms with van der Waals surface area (Å²) in [4.78, 5) is 2.42. The van der Waals surface area contributed by atoms with Gasteiger partial charge in [-0.25, -0.2) is 0 Å². The van der Waals surface area contributed by atoms with Crippen LogP contribution in [0.15, 0.2) is 0 Å². The number of hydrogen-bond donors (Lipinski definition) is 1. The molecule has 1 aliphatic heterocycles. The summed E-state index contributed by atoms with van der Waals surface area (Å²) in [5.74, 6) is 0.685. The SMILES string of the molecule is CCNC(CN(C)CC1CCCCO1)C(C)C. The number of ether oxygens (including phenoxy) is 1. The number of rotatable bonds is 7. The van der Waals surface area contributed by atoms with E-state index in [4.69, 9.17) is 4.74 Å². The van der Waals surface area contributed by atoms with Crippen LogP contribution in [0.3, 0.4) is 0 Å². The molecule has 1 fully saturated rings. The molecule has 2 atom stereocenters. The summed E-state index contributed by atoms with van der Waals surface area (Å²) in [6.07, 6.45) is 4.27. The van der Waals surface area contributed by atoms with E-state index in [0.717, 1.165) is 26.2 Å². The molecule has 0 bridgehead atoms. The number of likely N-dealkylation sites (N-methyl/N-ethyl adjacent to an activating group) is 2. The largest absolute Gasteiger partial charge is 0.377 e. The normalized spacial score (nSPS) is 23.3. The molecular weight excluding hydrogens is 212 g/mol. The Hall–Kier alpha value is -0.120. The Morgan fingerprint density at radius 3 is 2.65 bits per heavy atom. The Kier molecular flexibility index (Phi) is 7.09. The van der Waals surface area contributed by atoms with Crippen molar-refractivity contribution in [2.75, 3.05) is 33.3 Å². The van der Waals surface area contributed by atoms with Crippen molar-refractivity contribution in [3.8, 4) is 0 Å². The summed E-state index contributed by atoms with van der Waals surface area (Å²) in [5, 5.41) is 3.57. The number of nitrogens with zero attached hydrogens (tertiary/aromatic N) is 1. The van der Waals surface area contributed by atoms with Gasteiger partial charge >= 0.3 is 0 Å². The van der Waals surface area contributed by atoms with Crippen molar-refractivity contribution in [1.29, 1.82) is 0 Å². The van der Waals surface area contributed by atoms with Gasteiger partial charge in [-0.1, -0.05) is 20.8 Å². The quantitative estimate of drug-likeness (QED) is 0.740. The van der Waals surface area contributed by atoms with E-state index < -0.39 is 0 Å². The molecule has 2 unspecified atom stereocenters. The van der Waals surface area contributed by atoms with Crippen LogP contribution in [-0.4, -0.2) is 50.3 Å². The third-order valence-corrected chi connectivity index (χ3v) is 3.57. The minimum absolute atomic E-state index is 0.461. The van der Waals surface area contributed by atoms with Gasteiger partial charge < -0.3 is 15.0 Å². The van der Waals surface area contributed by atoms with Crippen LogP contribution in [0.4, 0.5) is 0 Å². The smallest absolute Gasteiger partial charge is 0.0701 e. The third kappa shape index (κ3) is 5.84. The fourth-order valence-corrected chi connectivity index (χ4v) is 2.48. The molecule has 0 saturated carbocycles. The first kappa shape index (κ1) is 14.9. The predicted octanol–water partition coefficient (Wildman–Crippen LogP) is 2.12. The monoisotopic (exact) mass is 242 g/mol. The van der Waals surface area contributed by atoms with Crippen molar-refractivity contribution in [3.05, 3.63) is 0 Å². The minimum atomic E-state index is 0.461. The molecule has 0 aliphatic carbocycles. The fourth-order valence-electron chi connectivity index (χ4n) is 2.48. The molecule has 1 rings (SSSR count). The maximum absolute atomic E-state index is 5.79. The topological polar surface area (TPSA) is 24.5 Å². The molecule has 1 N–H and O–H groups in total. The molecule has 0 aromatic heterocycles. The molecule has 0 amide bonds. The molecular formula is C14H30N2O. The Balaban J connectivity index is 2.27. The lowest BCUT2D eigenvalue weighted by atomic mass is 10.0. The maximum atomic E-state index is 5.79. The first-order valence-corrected chi connectivity index (χ1v) is 7.17. The molecule has 0 spiro atoms. The van der Waals surface area contributed by atoms with E-state index in [-0.39, 0.29) is 0 Å². The van der Waals surface area contributed by atoms with Crippen LogP contribution in [0, 0.1) is 5.92 Å². The number of hydrogen-bond acceptors (Lipinski definition) is 3. The summed E-state index contributed by atoms with van der Waals surface area (Å²) in [7, 11) is 2.21. The average Bonchev–Trinajstić information content (AvgIpc) is 2.29. The molecule has 102 valence electrons. The van der Waals surface area contributed by atoms with Gasteiger partial charge in [0.25, 0.3) is 0 Å². The molecule has 1 saturated heterocycles. The molecule has 0 aromatic carbocycles. The van der Waals surface area contributed by atoms with Crippen molar-refractivity contribution in [2.24, 2.45) is 5.92 Å². The van der Waals surface area contributed by atoms with Crippen LogP contribution in [0.5, 0.6) is 0 Å². The standard InChI is InChI=1S/C14H30N2O/c1-5-15-14(12(2)3)11-16(4)10-13-8-6-7-9-17-13/h12-15H,5-11H2,1-4H3. The summed E-state index contributed by atoms with van der Waals surface area (Å²) in [5.41, 5.74) is 0. The van der Waals surface area contributed by atoms with E-state index in [1.807, 2.05) is 0 Å². The Labute approximate surface area is 107 Å². The van der Waals surface area contributed by atoms with Gasteiger partial charge in [0.05, 0.1) is 6.10 Å². The zero-order valence-electron chi connectivity index (χ0n) is 12.0. The molecule has 3 nitrogen and oxygen atoms in total. The molecule has 0 radical (unpaired) electrons. The van der Waals surface area contributed by atoms with E-state index in [0.29, 0.717) is 18.1 Å². The van der Waals surface area contributed by atoms with Crippen molar-refractivity contribution in [2.45, 2.75) is 52.2 Å². The Morgan fingerprint density at radius 1 is 1.35 bits per heavy atom. The van der Waals surface area contributed by atoms with Gasteiger partial charge in [-0.05, 0) is 38.8 Å². The third-order valence-electron chi connectivity index (χ3n) is 3.57. The summed E-state index contributed by atoms with van der Waals surface area (Å²) < 4.78 is 5.79. The van der Waals surface area contributed by atoms with E-state index in [1.165, 1.54) is 19.3 Å². The van der Waals surface area contributed by atoms with Crippen molar-refractivity contribution in [1.82, 2.24) is 10.2 Å². The lowest BCUT2D eigenvalue weighted by Crippen LogP contribution is -2.45. The van der Waals surface area contributed by atoms with Gasteiger partial charge in [0.2, 0.25) is 0 Å². The molecule has 3 heteroatoms. The van der Waals surface area contributed by atoms with Crippen molar-refractivity contribution in [3.63, 3.8) is 0 Å². The first-order valence-electron chi connectivity index (χ1n) is 7.17. The highest BCUT2D eigenvalue weighted by atomic mass is 16.5. The highest BCUT2D eigenvalue weighted by Gasteiger charge is 2.19. The Bertz CT molecular complexity index is 191. The van der Waals surface area contributed by atoms with Crippen LogP contribution in [0.1, 0.15) is 40.0 Å². The van der Waals surface area contributed by atoms with Crippen LogP contribution in [0.25, 0.3) is 0 Å². The van der Waals surface area contributed by atoms with Gasteiger partial charge in [0.1, 0.15) is 0 Å². The zero-order chi connectivity index (χ0) is 12.7. The van der Waals surface area contributed by atoms with Gasteiger partial charge in [-0.15, -0.1) is 0 Å². The van der Waals surface area contributed by atoms with E-state index in [9.17, 15) is 0 Å². The van der Waals surface area contributed by atoms with E-state index >= 15 is 0 Å². The van der Waals surface area contributed by atoms with Crippen LogP contribution < -0.4 is 5.32 Å². The van der Waals surface area contributed by atoms with Gasteiger partial charge in [0, 0.05) is 25.7 Å². The van der Waals surface area contributed by atoms with Crippen LogP contribution >= 0.6 is 0 Å². The van der Waals surface area contributed by atoms with Crippen molar-refractivity contribution < 1.29 is 4.74 Å². The lowest BCUT2D eigenvalue weighted by molar-refractivity contribution is -0.00324. The highest BCUT2D eigenvalue weighted by Crippen LogP contribution is 2.14. The van der Waals surface area contributed by atoms with Gasteiger partial charge in [0.15, 0.2) is 0 Å². The second-order valence-electron chi connectivity index (χ2n) is 5.62. The fraction of sp³-hybridized carbons (Fsp3) is 1.00. The maximum Gasteiger partial charge on any atom is 0.0701 e. The second-order valence-corrected chi connectivity index (χ2v) is 5.62. The van der Waals surface area contributed by atoms with E-state index in [2.05, 4.69) is 38.0 Å². The zero-order valence-corrected chi connectivity index (χ0v) is 12.0. The highest BCUT2D eigenvalue weighted by molar-refractivity contribution is 4.75. The molecule has 0 aromatic rings. The lowest BCUT2D eigenvalue weighted by Gasteiger charge is -2.31. The minimum Gasteiger partial charge on any atom is -0.377 e. The second kappa shape index (κ2) is 8.06. The van der Waals surface area contributed by atoms with Crippen LogP contribution in [-0.2, 0) is 4.74 Å². The van der Waals surface area contributed by atoms with E-state index in [1.54, 1.807) is 0 Å². The molecule has 17 heavy (non-hydrogen) atoms. The van der Waals surface area contributed by atoms with Gasteiger partial charge in [-0.2, -0.15) is 0 Å². The first-order chi connectivity index (χ1) is 8.13. The Morgan fingerprint density at radius 2 is 2.12 bits per heavy atom. The van der Waals surface area contributed by atoms with Gasteiger partial charge in [-0.3, -0.25) is 0 Å². The summed E-state index contributed by atoms with van der Waals surface area (Å²) >= 11 is 0. The summed E-state index contributed by atoms with van der Waals surface area (Å²) in [6, 6.07) is 0.591.